The lowest BCUT2D eigenvalue weighted by Gasteiger charge is -2.16. The molecule has 6 heteroatoms. The number of aliphatic hydroxyl groups is 1. The Hall–Kier alpha value is -1.80. The van der Waals surface area contributed by atoms with Gasteiger partial charge in [-0.1, -0.05) is 42.0 Å². The summed E-state index contributed by atoms with van der Waals surface area (Å²) in [6.07, 6.45) is -0.590. The highest BCUT2D eigenvalue weighted by molar-refractivity contribution is 14.0. The smallest absolute Gasteiger partial charge is 0.191 e. The summed E-state index contributed by atoms with van der Waals surface area (Å²) in [6.45, 7) is 7.70. The van der Waals surface area contributed by atoms with Crippen LogP contribution in [0.4, 0.5) is 0 Å². The number of aliphatic hydroxyl groups excluding tert-OH is 1. The zero-order chi connectivity index (χ0) is 18.9. The van der Waals surface area contributed by atoms with Crippen molar-refractivity contribution in [3.63, 3.8) is 0 Å². The van der Waals surface area contributed by atoms with Crippen LogP contribution in [0.15, 0.2) is 47.5 Å². The highest BCUT2D eigenvalue weighted by Crippen LogP contribution is 2.20. The van der Waals surface area contributed by atoms with E-state index in [1.165, 1.54) is 0 Å². The van der Waals surface area contributed by atoms with Gasteiger partial charge in [0, 0.05) is 18.7 Å². The molecule has 0 heterocycles. The molecule has 1 atom stereocenters. The van der Waals surface area contributed by atoms with Gasteiger partial charge in [-0.15, -0.1) is 24.0 Å². The minimum atomic E-state index is -0.590. The van der Waals surface area contributed by atoms with Crippen molar-refractivity contribution < 1.29 is 9.84 Å². The molecule has 2 rings (SSSR count). The Bertz CT molecular complexity index is 750. The topological polar surface area (TPSA) is 65.9 Å². The Kier molecular flexibility index (Phi) is 10.2. The van der Waals surface area contributed by atoms with Crippen LogP contribution in [0.1, 0.15) is 35.3 Å². The molecular weight excluding hydrogens is 453 g/mol. The van der Waals surface area contributed by atoms with Gasteiger partial charge in [0.15, 0.2) is 5.96 Å². The first kappa shape index (κ1) is 23.2. The molecular formula is C21H30IN3O2. The summed E-state index contributed by atoms with van der Waals surface area (Å²) in [4.78, 5) is 4.61. The van der Waals surface area contributed by atoms with Crippen molar-refractivity contribution in [1.82, 2.24) is 10.6 Å². The largest absolute Gasteiger partial charge is 0.496 e. The van der Waals surface area contributed by atoms with Crippen LogP contribution >= 0.6 is 24.0 Å². The number of hydrogen-bond donors (Lipinski definition) is 3. The number of hydrogen-bond acceptors (Lipinski definition) is 3. The van der Waals surface area contributed by atoms with Gasteiger partial charge in [0.1, 0.15) is 5.75 Å². The summed E-state index contributed by atoms with van der Waals surface area (Å²) >= 11 is 0. The van der Waals surface area contributed by atoms with Gasteiger partial charge in [0.2, 0.25) is 0 Å². The summed E-state index contributed by atoms with van der Waals surface area (Å²) in [6, 6.07) is 14.0. The van der Waals surface area contributed by atoms with Gasteiger partial charge in [-0.2, -0.15) is 0 Å². The summed E-state index contributed by atoms with van der Waals surface area (Å²) in [7, 11) is 1.67. The van der Waals surface area contributed by atoms with Crippen LogP contribution in [0.25, 0.3) is 0 Å². The second-order valence-electron chi connectivity index (χ2n) is 6.32. The normalized spacial score (nSPS) is 12.1. The van der Waals surface area contributed by atoms with Gasteiger partial charge in [-0.3, -0.25) is 0 Å². The molecule has 27 heavy (non-hydrogen) atoms. The molecule has 0 bridgehead atoms. The highest BCUT2D eigenvalue weighted by Gasteiger charge is 2.09. The maximum atomic E-state index is 10.4. The third-order valence-electron chi connectivity index (χ3n) is 4.08. The molecule has 0 aromatic heterocycles. The lowest BCUT2D eigenvalue weighted by molar-refractivity contribution is 0.181. The maximum Gasteiger partial charge on any atom is 0.191 e. The maximum absolute atomic E-state index is 10.4. The highest BCUT2D eigenvalue weighted by atomic mass is 127. The predicted octanol–water partition coefficient (Wildman–Crippen LogP) is 3.72. The van der Waals surface area contributed by atoms with E-state index in [4.69, 9.17) is 4.74 Å². The van der Waals surface area contributed by atoms with Crippen molar-refractivity contribution in [3.05, 3.63) is 64.7 Å². The lowest BCUT2D eigenvalue weighted by atomic mass is 10.1. The molecule has 0 aliphatic rings. The van der Waals surface area contributed by atoms with E-state index in [-0.39, 0.29) is 24.0 Å². The van der Waals surface area contributed by atoms with Crippen molar-refractivity contribution in [2.24, 2.45) is 4.99 Å². The van der Waals surface area contributed by atoms with E-state index in [9.17, 15) is 5.11 Å². The Balaban J connectivity index is 0.00000364. The van der Waals surface area contributed by atoms with Gasteiger partial charge in [-0.05, 0) is 38.0 Å². The number of aliphatic imine (C=N–C) groups is 1. The number of guanidine groups is 1. The zero-order valence-corrected chi connectivity index (χ0v) is 18.8. The van der Waals surface area contributed by atoms with Crippen molar-refractivity contribution in [2.45, 2.75) is 33.4 Å². The SMILES string of the molecule is CCNC(=NCc1ccc(C)cc1OC)NCC(O)c1cccc(C)c1.I. The molecule has 0 fully saturated rings. The fourth-order valence-corrected chi connectivity index (χ4v) is 2.68. The van der Waals surface area contributed by atoms with Gasteiger partial charge >= 0.3 is 0 Å². The first-order valence-electron chi connectivity index (χ1n) is 8.93. The molecule has 0 spiro atoms. The van der Waals surface area contributed by atoms with Crippen molar-refractivity contribution in [2.75, 3.05) is 20.2 Å². The number of aryl methyl sites for hydroxylation is 2. The second kappa shape index (κ2) is 11.8. The standard InChI is InChI=1S/C21H29N3O2.HI/c1-5-22-21(23-13-18-10-9-16(3)12-20(18)26-4)24-14-19(25)17-8-6-7-15(2)11-17;/h6-12,19,25H,5,13-14H2,1-4H3,(H2,22,23,24);1H. The van der Waals surface area contributed by atoms with Crippen LogP contribution in [-0.2, 0) is 6.54 Å². The number of benzene rings is 2. The van der Waals surface area contributed by atoms with E-state index in [0.717, 1.165) is 34.5 Å². The molecule has 0 saturated heterocycles. The van der Waals surface area contributed by atoms with E-state index < -0.39 is 6.10 Å². The van der Waals surface area contributed by atoms with E-state index in [0.29, 0.717) is 19.0 Å². The Morgan fingerprint density at radius 1 is 1.11 bits per heavy atom. The summed E-state index contributed by atoms with van der Waals surface area (Å²) in [5, 5.41) is 16.8. The molecule has 1 unspecified atom stereocenters. The minimum Gasteiger partial charge on any atom is -0.496 e. The van der Waals surface area contributed by atoms with Crippen LogP contribution in [0.3, 0.4) is 0 Å². The molecule has 0 saturated carbocycles. The molecule has 0 aliphatic carbocycles. The van der Waals surface area contributed by atoms with Crippen molar-refractivity contribution in [3.8, 4) is 5.75 Å². The minimum absolute atomic E-state index is 0. The van der Waals surface area contributed by atoms with Gasteiger partial charge in [0.25, 0.3) is 0 Å². The molecule has 2 aromatic carbocycles. The quantitative estimate of drug-likeness (QED) is 0.319. The fourth-order valence-electron chi connectivity index (χ4n) is 2.68. The monoisotopic (exact) mass is 483 g/mol. The molecule has 5 nitrogen and oxygen atoms in total. The number of ether oxygens (including phenoxy) is 1. The average Bonchev–Trinajstić information content (AvgIpc) is 2.64. The summed E-state index contributed by atoms with van der Waals surface area (Å²) < 4.78 is 5.44. The first-order valence-corrected chi connectivity index (χ1v) is 8.93. The van der Waals surface area contributed by atoms with Crippen LogP contribution in [0, 0.1) is 13.8 Å². The Morgan fingerprint density at radius 3 is 2.52 bits per heavy atom. The van der Waals surface area contributed by atoms with Gasteiger partial charge in [0.05, 0.1) is 19.8 Å². The zero-order valence-electron chi connectivity index (χ0n) is 16.5. The third kappa shape index (κ3) is 7.38. The number of rotatable bonds is 7. The molecule has 0 aliphatic heterocycles. The average molecular weight is 483 g/mol. The number of halogens is 1. The number of nitrogens with one attached hydrogen (secondary N) is 2. The van der Waals surface area contributed by atoms with Crippen LogP contribution < -0.4 is 15.4 Å². The van der Waals surface area contributed by atoms with Crippen LogP contribution in [-0.4, -0.2) is 31.3 Å². The molecule has 2 aromatic rings. The van der Waals surface area contributed by atoms with E-state index in [1.807, 2.05) is 57.2 Å². The summed E-state index contributed by atoms with van der Waals surface area (Å²) in [5.41, 5.74) is 4.21. The first-order chi connectivity index (χ1) is 12.5. The van der Waals surface area contributed by atoms with Crippen molar-refractivity contribution >= 4 is 29.9 Å². The number of methoxy groups -OCH3 is 1. The van der Waals surface area contributed by atoms with E-state index >= 15 is 0 Å². The van der Waals surface area contributed by atoms with Crippen LogP contribution in [0.2, 0.25) is 0 Å². The Labute approximate surface area is 179 Å². The number of nitrogens with zero attached hydrogens (tertiary/aromatic N) is 1. The van der Waals surface area contributed by atoms with Crippen molar-refractivity contribution in [1.29, 1.82) is 0 Å². The summed E-state index contributed by atoms with van der Waals surface area (Å²) in [5.74, 6) is 1.51. The predicted molar refractivity (Wildman–Crippen MR) is 122 cm³/mol. The lowest BCUT2D eigenvalue weighted by Crippen LogP contribution is -2.39. The van der Waals surface area contributed by atoms with E-state index in [2.05, 4.69) is 21.7 Å². The molecule has 0 amide bonds. The fraction of sp³-hybridized carbons (Fsp3) is 0.381. The van der Waals surface area contributed by atoms with Gasteiger partial charge in [-0.25, -0.2) is 4.99 Å². The second-order valence-corrected chi connectivity index (χ2v) is 6.32. The van der Waals surface area contributed by atoms with E-state index in [1.54, 1.807) is 7.11 Å². The third-order valence-corrected chi connectivity index (χ3v) is 4.08. The van der Waals surface area contributed by atoms with Gasteiger partial charge < -0.3 is 20.5 Å². The van der Waals surface area contributed by atoms with Crippen LogP contribution in [0.5, 0.6) is 5.75 Å². The molecule has 0 radical (unpaired) electrons. The molecule has 3 N–H and O–H groups in total. The Morgan fingerprint density at radius 2 is 1.85 bits per heavy atom. The molecule has 148 valence electrons.